The van der Waals surface area contributed by atoms with Crippen LogP contribution in [0.1, 0.15) is 10.4 Å². The Morgan fingerprint density at radius 1 is 1.16 bits per heavy atom. The Kier molecular flexibility index (Phi) is 5.08. The minimum atomic E-state index is -0.376. The van der Waals surface area contributed by atoms with Crippen molar-refractivity contribution in [1.29, 1.82) is 0 Å². The quantitative estimate of drug-likeness (QED) is 0.647. The van der Waals surface area contributed by atoms with Gasteiger partial charge in [0.15, 0.2) is 0 Å². The van der Waals surface area contributed by atoms with Gasteiger partial charge in [-0.2, -0.15) is 4.98 Å². The van der Waals surface area contributed by atoms with Crippen LogP contribution < -0.4 is 10.2 Å². The van der Waals surface area contributed by atoms with Crippen LogP contribution in [0.2, 0.25) is 0 Å². The van der Waals surface area contributed by atoms with Gasteiger partial charge >= 0.3 is 5.97 Å². The highest BCUT2D eigenvalue weighted by atomic mass is 16.5. The lowest BCUT2D eigenvalue weighted by Crippen LogP contribution is -2.46. The second kappa shape index (κ2) is 7.61. The third-order valence-corrected chi connectivity index (χ3v) is 3.99. The number of nitrogens with one attached hydrogen (secondary N) is 1. The van der Waals surface area contributed by atoms with Gasteiger partial charge in [0.1, 0.15) is 5.82 Å². The number of aromatic nitrogens is 2. The minimum Gasteiger partial charge on any atom is -0.465 e. The van der Waals surface area contributed by atoms with Crippen molar-refractivity contribution < 1.29 is 14.3 Å². The summed E-state index contributed by atoms with van der Waals surface area (Å²) < 4.78 is 4.68. The summed E-state index contributed by atoms with van der Waals surface area (Å²) in [6.07, 6.45) is 2.57. The number of esters is 1. The minimum absolute atomic E-state index is 0.376. The van der Waals surface area contributed by atoms with Crippen molar-refractivity contribution in [2.24, 2.45) is 0 Å². The molecule has 0 unspecified atom stereocenters. The fourth-order valence-corrected chi connectivity index (χ4v) is 2.58. The van der Waals surface area contributed by atoms with Crippen LogP contribution in [-0.2, 0) is 9.53 Å². The molecule has 0 bridgehead atoms. The van der Waals surface area contributed by atoms with Crippen molar-refractivity contribution >= 4 is 29.8 Å². The molecule has 1 saturated heterocycles. The third-order valence-electron chi connectivity index (χ3n) is 3.99. The lowest BCUT2D eigenvalue weighted by molar-refractivity contribution is -0.118. The fourth-order valence-electron chi connectivity index (χ4n) is 2.58. The summed E-state index contributed by atoms with van der Waals surface area (Å²) in [5, 5.41) is 3.12. The van der Waals surface area contributed by atoms with Gasteiger partial charge in [0.05, 0.1) is 12.7 Å². The molecule has 0 aliphatic carbocycles. The normalized spacial score (nSPS) is 14.1. The Morgan fingerprint density at radius 3 is 2.52 bits per heavy atom. The number of carbonyl (C=O) groups excluding carboxylic acids is 2. The molecule has 0 spiro atoms. The summed E-state index contributed by atoms with van der Waals surface area (Å²) in [6, 6.07) is 8.74. The number of benzene rings is 1. The summed E-state index contributed by atoms with van der Waals surface area (Å²) in [6.45, 7) is 2.85. The van der Waals surface area contributed by atoms with E-state index in [1.54, 1.807) is 35.4 Å². The summed E-state index contributed by atoms with van der Waals surface area (Å²) >= 11 is 0. The number of carbonyl (C=O) groups is 2. The van der Waals surface area contributed by atoms with Gasteiger partial charge in [-0.05, 0) is 30.3 Å². The fraction of sp³-hybridized carbons (Fsp3) is 0.294. The van der Waals surface area contributed by atoms with E-state index in [1.165, 1.54) is 7.11 Å². The summed E-state index contributed by atoms with van der Waals surface area (Å²) in [7, 11) is 1.35. The van der Waals surface area contributed by atoms with Gasteiger partial charge in [-0.3, -0.25) is 4.79 Å². The maximum Gasteiger partial charge on any atom is 0.337 e. The predicted molar refractivity (Wildman–Crippen MR) is 92.9 cm³/mol. The lowest BCUT2D eigenvalue weighted by atomic mass is 10.2. The van der Waals surface area contributed by atoms with E-state index in [-0.39, 0.29) is 5.97 Å². The molecule has 25 heavy (non-hydrogen) atoms. The number of hydrogen-bond acceptors (Lipinski definition) is 7. The van der Waals surface area contributed by atoms with Crippen LogP contribution in [0.15, 0.2) is 36.5 Å². The first-order valence-electron chi connectivity index (χ1n) is 7.92. The zero-order valence-corrected chi connectivity index (χ0v) is 13.9. The Bertz CT molecular complexity index is 742. The van der Waals surface area contributed by atoms with Crippen molar-refractivity contribution in [1.82, 2.24) is 14.9 Å². The third kappa shape index (κ3) is 4.03. The molecule has 1 aromatic heterocycles. The molecule has 1 N–H and O–H groups in total. The average molecular weight is 341 g/mol. The van der Waals surface area contributed by atoms with Crippen LogP contribution >= 0.6 is 0 Å². The van der Waals surface area contributed by atoms with E-state index in [4.69, 9.17) is 0 Å². The number of methoxy groups -OCH3 is 1. The maximum absolute atomic E-state index is 11.4. The van der Waals surface area contributed by atoms with Gasteiger partial charge < -0.3 is 19.9 Å². The van der Waals surface area contributed by atoms with E-state index in [0.717, 1.165) is 31.0 Å². The highest BCUT2D eigenvalue weighted by Crippen LogP contribution is 2.18. The number of ether oxygens (including phenoxy) is 1. The van der Waals surface area contributed by atoms with E-state index in [2.05, 4.69) is 24.9 Å². The zero-order chi connectivity index (χ0) is 17.6. The van der Waals surface area contributed by atoms with E-state index >= 15 is 0 Å². The number of rotatable bonds is 5. The Labute approximate surface area is 145 Å². The van der Waals surface area contributed by atoms with Gasteiger partial charge in [0.25, 0.3) is 0 Å². The number of piperazine rings is 1. The Hall–Kier alpha value is -3.16. The largest absolute Gasteiger partial charge is 0.465 e. The van der Waals surface area contributed by atoms with E-state index in [0.29, 0.717) is 24.6 Å². The Balaban J connectivity index is 1.67. The summed E-state index contributed by atoms with van der Waals surface area (Å²) in [5.74, 6) is 0.912. The molecule has 2 heterocycles. The van der Waals surface area contributed by atoms with Crippen LogP contribution in [0.4, 0.5) is 17.5 Å². The maximum atomic E-state index is 11.4. The highest BCUT2D eigenvalue weighted by Gasteiger charge is 2.17. The van der Waals surface area contributed by atoms with E-state index < -0.39 is 0 Å². The highest BCUT2D eigenvalue weighted by molar-refractivity contribution is 5.89. The van der Waals surface area contributed by atoms with E-state index in [1.807, 2.05) is 6.07 Å². The Morgan fingerprint density at radius 2 is 1.88 bits per heavy atom. The second-order valence-corrected chi connectivity index (χ2v) is 5.56. The molecule has 3 rings (SSSR count). The SMILES string of the molecule is COC(=O)c1ccc(Nc2nccc(N3CCN(C=O)CC3)n2)cc1. The van der Waals surface area contributed by atoms with Gasteiger partial charge in [-0.15, -0.1) is 0 Å². The van der Waals surface area contributed by atoms with Crippen LogP contribution in [0.25, 0.3) is 0 Å². The van der Waals surface area contributed by atoms with Crippen molar-refractivity contribution in [3.05, 3.63) is 42.1 Å². The van der Waals surface area contributed by atoms with Crippen LogP contribution in [0.5, 0.6) is 0 Å². The van der Waals surface area contributed by atoms with Gasteiger partial charge in [0, 0.05) is 38.1 Å². The molecule has 0 radical (unpaired) electrons. The number of nitrogens with zero attached hydrogens (tertiary/aromatic N) is 4. The van der Waals surface area contributed by atoms with Gasteiger partial charge in [-0.1, -0.05) is 0 Å². The van der Waals surface area contributed by atoms with Crippen molar-refractivity contribution in [3.63, 3.8) is 0 Å². The molecular weight excluding hydrogens is 322 g/mol. The summed E-state index contributed by atoms with van der Waals surface area (Å²) in [5.41, 5.74) is 1.26. The first-order valence-corrected chi connectivity index (χ1v) is 7.92. The lowest BCUT2D eigenvalue weighted by Gasteiger charge is -2.33. The van der Waals surface area contributed by atoms with Crippen molar-refractivity contribution in [2.45, 2.75) is 0 Å². The second-order valence-electron chi connectivity index (χ2n) is 5.56. The first-order chi connectivity index (χ1) is 12.2. The van der Waals surface area contributed by atoms with E-state index in [9.17, 15) is 9.59 Å². The van der Waals surface area contributed by atoms with Crippen LogP contribution in [-0.4, -0.2) is 60.5 Å². The first kappa shape index (κ1) is 16.7. The zero-order valence-electron chi connectivity index (χ0n) is 13.9. The van der Waals surface area contributed by atoms with Crippen LogP contribution in [0, 0.1) is 0 Å². The molecule has 130 valence electrons. The van der Waals surface area contributed by atoms with Gasteiger partial charge in [0.2, 0.25) is 12.4 Å². The average Bonchev–Trinajstić information content (AvgIpc) is 2.68. The monoisotopic (exact) mass is 341 g/mol. The molecule has 1 aliphatic rings. The molecule has 0 atom stereocenters. The molecular formula is C17H19N5O3. The standard InChI is InChI=1S/C17H19N5O3/c1-25-16(24)13-2-4-14(5-3-13)19-17-18-7-6-15(20-17)22-10-8-21(12-23)9-11-22/h2-7,12H,8-11H2,1H3,(H,18,19,20). The molecule has 1 amide bonds. The number of anilines is 3. The summed E-state index contributed by atoms with van der Waals surface area (Å²) in [4.78, 5) is 34.9. The molecule has 8 heteroatoms. The van der Waals surface area contributed by atoms with Crippen molar-refractivity contribution in [2.75, 3.05) is 43.5 Å². The van der Waals surface area contributed by atoms with Crippen LogP contribution in [0.3, 0.4) is 0 Å². The molecule has 1 aliphatic heterocycles. The van der Waals surface area contributed by atoms with Crippen molar-refractivity contribution in [3.8, 4) is 0 Å². The molecule has 1 aromatic carbocycles. The molecule has 2 aromatic rings. The van der Waals surface area contributed by atoms with Gasteiger partial charge in [-0.25, -0.2) is 9.78 Å². The number of amides is 1. The topological polar surface area (TPSA) is 87.7 Å². The molecule has 0 saturated carbocycles. The molecule has 8 nitrogen and oxygen atoms in total. The molecule has 1 fully saturated rings. The smallest absolute Gasteiger partial charge is 0.337 e. The number of hydrogen-bond donors (Lipinski definition) is 1. The predicted octanol–water partition coefficient (Wildman–Crippen LogP) is 1.29.